The summed E-state index contributed by atoms with van der Waals surface area (Å²) < 4.78 is 24.6. The van der Waals surface area contributed by atoms with Gasteiger partial charge in [-0.1, -0.05) is 0 Å². The van der Waals surface area contributed by atoms with Gasteiger partial charge in [0.1, 0.15) is 0 Å². The Hall–Kier alpha value is -2.60. The lowest BCUT2D eigenvalue weighted by Gasteiger charge is -2.07. The van der Waals surface area contributed by atoms with Gasteiger partial charge < -0.3 is 10.2 Å². The number of sulfonamides is 1. The van der Waals surface area contributed by atoms with Gasteiger partial charge in [0.15, 0.2) is 5.75 Å². The highest BCUT2D eigenvalue weighted by molar-refractivity contribution is 7.92. The van der Waals surface area contributed by atoms with Crippen molar-refractivity contribution in [2.45, 2.75) is 0 Å². The Balaban J connectivity index is 3.25. The van der Waals surface area contributed by atoms with Gasteiger partial charge in [0.05, 0.1) is 22.9 Å². The van der Waals surface area contributed by atoms with Crippen molar-refractivity contribution in [2.75, 3.05) is 10.5 Å². The molecule has 0 amide bonds. The summed E-state index contributed by atoms with van der Waals surface area (Å²) >= 11 is 0. The van der Waals surface area contributed by atoms with E-state index in [1.165, 1.54) is 6.07 Å². The minimum atomic E-state index is -3.97. The first kappa shape index (κ1) is 14.5. The van der Waals surface area contributed by atoms with Crippen LogP contribution in [0.1, 0.15) is 20.7 Å². The molecule has 9 heteroatoms. The molecule has 0 saturated carbocycles. The molecular weight excluding hydrogens is 276 g/mol. The Morgan fingerprint density at radius 2 is 1.63 bits per heavy atom. The van der Waals surface area contributed by atoms with Crippen LogP contribution in [0.5, 0.6) is 0 Å². The molecule has 1 aromatic carbocycles. The van der Waals surface area contributed by atoms with E-state index in [0.29, 0.717) is 0 Å². The molecule has 1 aromatic rings. The maximum Gasteiger partial charge on any atom is 0.335 e. The lowest BCUT2D eigenvalue weighted by atomic mass is 10.1. The molecule has 0 unspecified atom stereocenters. The number of anilines is 1. The number of rotatable bonds is 5. The van der Waals surface area contributed by atoms with E-state index in [1.54, 1.807) is 0 Å². The normalized spacial score (nSPS) is 10.5. The molecule has 0 atom stereocenters. The first-order valence-electron chi connectivity index (χ1n) is 4.74. The minimum Gasteiger partial charge on any atom is -0.478 e. The molecule has 0 saturated heterocycles. The quantitative estimate of drug-likeness (QED) is 0.707. The van der Waals surface area contributed by atoms with Crippen LogP contribution in [0.4, 0.5) is 5.69 Å². The highest BCUT2D eigenvalue weighted by Gasteiger charge is 2.15. The van der Waals surface area contributed by atoms with Gasteiger partial charge in [-0.25, -0.2) is 18.0 Å². The maximum absolute atomic E-state index is 11.3. The average Bonchev–Trinajstić information content (AvgIpc) is 2.27. The van der Waals surface area contributed by atoms with E-state index in [1.807, 2.05) is 4.72 Å². The summed E-state index contributed by atoms with van der Waals surface area (Å²) in [6, 6.07) is 4.24. The second kappa shape index (κ2) is 5.36. The van der Waals surface area contributed by atoms with Crippen molar-refractivity contribution >= 4 is 27.6 Å². The highest BCUT2D eigenvalue weighted by Crippen LogP contribution is 2.17. The molecule has 0 heterocycles. The molecule has 0 aromatic heterocycles. The molecule has 0 aliphatic carbocycles. The van der Waals surface area contributed by atoms with Crippen LogP contribution in [0.25, 0.3) is 0 Å². The number of benzene rings is 1. The average molecular weight is 284 g/mol. The van der Waals surface area contributed by atoms with Gasteiger partial charge in [-0.3, -0.25) is 4.72 Å². The van der Waals surface area contributed by atoms with Crippen LogP contribution in [0, 0.1) is 11.3 Å². The second-order valence-corrected chi connectivity index (χ2v) is 5.15. The summed E-state index contributed by atoms with van der Waals surface area (Å²) in [4.78, 5) is 21.6. The summed E-state index contributed by atoms with van der Waals surface area (Å²) in [6.45, 7) is 0. The van der Waals surface area contributed by atoms with E-state index in [9.17, 15) is 18.0 Å². The van der Waals surface area contributed by atoms with Crippen molar-refractivity contribution in [2.24, 2.45) is 0 Å². The zero-order valence-corrected chi connectivity index (χ0v) is 10.1. The van der Waals surface area contributed by atoms with E-state index in [4.69, 9.17) is 15.5 Å². The van der Waals surface area contributed by atoms with Gasteiger partial charge in [0.2, 0.25) is 10.0 Å². The molecular formula is C10H8N2O6S. The van der Waals surface area contributed by atoms with Crippen molar-refractivity contribution in [1.82, 2.24) is 0 Å². The molecule has 19 heavy (non-hydrogen) atoms. The van der Waals surface area contributed by atoms with E-state index >= 15 is 0 Å². The van der Waals surface area contributed by atoms with Crippen LogP contribution in [0.15, 0.2) is 18.2 Å². The van der Waals surface area contributed by atoms with Crippen molar-refractivity contribution in [3.63, 3.8) is 0 Å². The van der Waals surface area contributed by atoms with Crippen molar-refractivity contribution in [3.8, 4) is 6.07 Å². The summed E-state index contributed by atoms with van der Waals surface area (Å²) in [5, 5.41) is 25.9. The van der Waals surface area contributed by atoms with Gasteiger partial charge in [0, 0.05) is 0 Å². The Labute approximate surface area is 108 Å². The molecule has 0 bridgehead atoms. The number of carboxylic acids is 2. The van der Waals surface area contributed by atoms with E-state index in [2.05, 4.69) is 0 Å². The third kappa shape index (κ3) is 3.97. The number of nitriles is 1. The number of nitrogens with one attached hydrogen (secondary N) is 1. The van der Waals surface area contributed by atoms with Crippen LogP contribution in [-0.4, -0.2) is 36.3 Å². The number of carboxylic acid groups (broad SMARTS) is 2. The monoisotopic (exact) mass is 284 g/mol. The third-order valence-corrected chi connectivity index (χ3v) is 3.01. The van der Waals surface area contributed by atoms with E-state index in [0.717, 1.165) is 18.2 Å². The molecule has 100 valence electrons. The predicted octanol–water partition coefficient (Wildman–Crippen LogP) is 0.348. The van der Waals surface area contributed by atoms with Crippen LogP contribution in [-0.2, 0) is 10.0 Å². The molecule has 0 aliphatic heterocycles. The fourth-order valence-electron chi connectivity index (χ4n) is 1.23. The van der Waals surface area contributed by atoms with Crippen LogP contribution >= 0.6 is 0 Å². The van der Waals surface area contributed by atoms with Crippen LogP contribution in [0.2, 0.25) is 0 Å². The molecule has 3 N–H and O–H groups in total. The van der Waals surface area contributed by atoms with Crippen LogP contribution < -0.4 is 4.72 Å². The van der Waals surface area contributed by atoms with Crippen molar-refractivity contribution in [3.05, 3.63) is 29.3 Å². The predicted molar refractivity (Wildman–Crippen MR) is 63.4 cm³/mol. The van der Waals surface area contributed by atoms with Gasteiger partial charge in [-0.15, -0.1) is 0 Å². The molecule has 8 nitrogen and oxygen atoms in total. The first-order valence-corrected chi connectivity index (χ1v) is 6.39. The maximum atomic E-state index is 11.3. The number of aromatic carboxylic acids is 2. The number of hydrogen-bond acceptors (Lipinski definition) is 5. The zero-order valence-electron chi connectivity index (χ0n) is 9.32. The van der Waals surface area contributed by atoms with Crippen molar-refractivity contribution in [1.29, 1.82) is 5.26 Å². The number of carbonyl (C=O) groups is 2. The van der Waals surface area contributed by atoms with E-state index in [-0.39, 0.29) is 16.8 Å². The third-order valence-electron chi connectivity index (χ3n) is 1.95. The van der Waals surface area contributed by atoms with Crippen molar-refractivity contribution < 1.29 is 28.2 Å². The summed E-state index contributed by atoms with van der Waals surface area (Å²) in [5.41, 5.74) is -0.989. The van der Waals surface area contributed by atoms with Gasteiger partial charge in [-0.2, -0.15) is 5.26 Å². The Morgan fingerprint density at radius 3 is 2.00 bits per heavy atom. The second-order valence-electron chi connectivity index (χ2n) is 3.43. The fraction of sp³-hybridized carbons (Fsp3) is 0.100. The minimum absolute atomic E-state index is 0.229. The van der Waals surface area contributed by atoms with Gasteiger partial charge in [0.25, 0.3) is 0 Å². The molecule has 0 fully saturated rings. The van der Waals surface area contributed by atoms with E-state index < -0.39 is 27.7 Å². The highest BCUT2D eigenvalue weighted by atomic mass is 32.2. The summed E-state index contributed by atoms with van der Waals surface area (Å²) in [6.07, 6.45) is 0. The largest absolute Gasteiger partial charge is 0.478 e. The lowest BCUT2D eigenvalue weighted by Crippen LogP contribution is -2.16. The molecule has 0 radical (unpaired) electrons. The SMILES string of the molecule is N#CCS(=O)(=O)Nc1cc(C(=O)O)cc(C(=O)O)c1. The Bertz CT molecular complexity index is 642. The Morgan fingerprint density at radius 1 is 1.16 bits per heavy atom. The van der Waals surface area contributed by atoms with Gasteiger partial charge >= 0.3 is 11.9 Å². The molecule has 0 aliphatic rings. The number of nitrogens with zero attached hydrogens (tertiary/aromatic N) is 1. The zero-order chi connectivity index (χ0) is 14.6. The Kier molecular flexibility index (Phi) is 4.08. The smallest absolute Gasteiger partial charge is 0.335 e. The van der Waals surface area contributed by atoms with Crippen LogP contribution in [0.3, 0.4) is 0 Å². The fourth-order valence-corrected chi connectivity index (χ4v) is 1.95. The molecule has 1 rings (SSSR count). The standard InChI is InChI=1S/C10H8N2O6S/c11-1-2-19(17,18)12-8-4-6(9(13)14)3-7(5-8)10(15)16/h3-5,12H,2H2,(H,13,14)(H,15,16). The summed E-state index contributed by atoms with van der Waals surface area (Å²) in [7, 11) is -3.97. The molecule has 0 spiro atoms. The number of hydrogen-bond donors (Lipinski definition) is 3. The topological polar surface area (TPSA) is 145 Å². The lowest BCUT2D eigenvalue weighted by molar-refractivity contribution is 0.0696. The summed E-state index contributed by atoms with van der Waals surface area (Å²) in [5.74, 6) is -3.63. The first-order chi connectivity index (χ1) is 8.75. The van der Waals surface area contributed by atoms with Gasteiger partial charge in [-0.05, 0) is 18.2 Å².